The monoisotopic (exact) mass is 372 g/mol. The maximum absolute atomic E-state index is 12.9. The lowest BCUT2D eigenvalue weighted by Gasteiger charge is -2.09. The first-order valence-corrected chi connectivity index (χ1v) is 8.94. The van der Waals surface area contributed by atoms with Crippen LogP contribution < -0.4 is 10.6 Å². The van der Waals surface area contributed by atoms with Gasteiger partial charge in [-0.15, -0.1) is 0 Å². The van der Waals surface area contributed by atoms with E-state index in [0.717, 1.165) is 6.54 Å². The molecular weight excluding hydrogens is 348 g/mol. The quantitative estimate of drug-likeness (QED) is 0.557. The second-order valence-corrected chi connectivity index (χ2v) is 6.43. The van der Waals surface area contributed by atoms with Crippen LogP contribution in [0.2, 0.25) is 0 Å². The minimum atomic E-state index is -0.200. The molecule has 0 saturated heterocycles. The zero-order valence-electron chi connectivity index (χ0n) is 15.7. The van der Waals surface area contributed by atoms with Crippen molar-refractivity contribution in [1.29, 1.82) is 0 Å². The zero-order valence-corrected chi connectivity index (χ0v) is 15.7. The number of amides is 1. The molecule has 0 unspecified atom stereocenters. The van der Waals surface area contributed by atoms with Crippen molar-refractivity contribution >= 4 is 17.0 Å². The summed E-state index contributed by atoms with van der Waals surface area (Å²) in [4.78, 5) is 17.3. The van der Waals surface area contributed by atoms with Gasteiger partial charge in [0.2, 0.25) is 0 Å². The lowest BCUT2D eigenvalue weighted by atomic mass is 10.0. The number of ether oxygens (including phenoxy) is 1. The molecule has 0 saturated carbocycles. The highest BCUT2D eigenvalue weighted by molar-refractivity contribution is 6.07. The van der Waals surface area contributed by atoms with Gasteiger partial charge in [0.25, 0.3) is 11.6 Å². The van der Waals surface area contributed by atoms with E-state index in [0.29, 0.717) is 53.5 Å². The van der Waals surface area contributed by atoms with E-state index in [9.17, 15) is 4.79 Å². The number of rotatable bonds is 9. The number of aromatic nitrogens is 2. The van der Waals surface area contributed by atoms with Crippen LogP contribution in [0, 0.1) is 0 Å². The van der Waals surface area contributed by atoms with Gasteiger partial charge in [0, 0.05) is 26.7 Å². The second kappa shape index (κ2) is 8.79. The Hall–Kier alpha value is -2.71. The Balaban J connectivity index is 1.87. The molecule has 1 amide bonds. The number of hydrogen-bond donors (Lipinski definition) is 2. The predicted molar refractivity (Wildman–Crippen MR) is 101 cm³/mol. The molecule has 0 fully saturated rings. The molecule has 8 heteroatoms. The largest absolute Gasteiger partial charge is 0.463 e. The Labute approximate surface area is 157 Å². The first kappa shape index (κ1) is 19.1. The average Bonchev–Trinajstić information content (AvgIpc) is 3.33. The third kappa shape index (κ3) is 4.35. The molecule has 8 nitrogen and oxygen atoms in total. The standard InChI is InChI=1S/C19H24N4O4/c1-12(2)17-16-13(18(24)21-7-6-20-8-10-25-3)11-14(15-5-4-9-26-15)22-19(16)27-23-17/h4-5,9,11-12,20H,6-8,10H2,1-3H3,(H,21,24). The summed E-state index contributed by atoms with van der Waals surface area (Å²) in [5.41, 5.74) is 2.05. The minimum absolute atomic E-state index is 0.102. The van der Waals surface area contributed by atoms with Crippen LogP contribution in [0.1, 0.15) is 35.8 Å². The van der Waals surface area contributed by atoms with Gasteiger partial charge in [0.1, 0.15) is 5.69 Å². The van der Waals surface area contributed by atoms with E-state index in [2.05, 4.69) is 20.8 Å². The molecule has 3 aromatic heterocycles. The highest BCUT2D eigenvalue weighted by Crippen LogP contribution is 2.30. The summed E-state index contributed by atoms with van der Waals surface area (Å²) >= 11 is 0. The van der Waals surface area contributed by atoms with Crippen molar-refractivity contribution in [2.75, 3.05) is 33.4 Å². The molecule has 0 aliphatic heterocycles. The van der Waals surface area contributed by atoms with E-state index < -0.39 is 0 Å². The van der Waals surface area contributed by atoms with E-state index >= 15 is 0 Å². The smallest absolute Gasteiger partial charge is 0.259 e. The summed E-state index contributed by atoms with van der Waals surface area (Å²) in [6, 6.07) is 5.28. The average molecular weight is 372 g/mol. The van der Waals surface area contributed by atoms with Crippen LogP contribution in [0.3, 0.4) is 0 Å². The van der Waals surface area contributed by atoms with Gasteiger partial charge >= 0.3 is 0 Å². The number of nitrogens with one attached hydrogen (secondary N) is 2. The molecule has 3 aromatic rings. The van der Waals surface area contributed by atoms with Crippen LogP contribution >= 0.6 is 0 Å². The van der Waals surface area contributed by atoms with Crippen molar-refractivity contribution in [3.63, 3.8) is 0 Å². The van der Waals surface area contributed by atoms with Crippen LogP contribution in [0.25, 0.3) is 22.6 Å². The summed E-state index contributed by atoms with van der Waals surface area (Å²) in [6.07, 6.45) is 1.56. The number of hydrogen-bond acceptors (Lipinski definition) is 7. The molecule has 3 rings (SSSR count). The third-order valence-electron chi connectivity index (χ3n) is 4.11. The number of nitrogens with zero attached hydrogens (tertiary/aromatic N) is 2. The van der Waals surface area contributed by atoms with Crippen LogP contribution in [0.4, 0.5) is 0 Å². The predicted octanol–water partition coefficient (Wildman–Crippen LogP) is 2.57. The van der Waals surface area contributed by atoms with Crippen molar-refractivity contribution in [1.82, 2.24) is 20.8 Å². The SMILES string of the molecule is COCCNCCNC(=O)c1cc(-c2ccco2)nc2onc(C(C)C)c12. The summed E-state index contributed by atoms with van der Waals surface area (Å²) in [5, 5.41) is 10.9. The molecule has 0 aliphatic carbocycles. The lowest BCUT2D eigenvalue weighted by molar-refractivity contribution is 0.0955. The van der Waals surface area contributed by atoms with Crippen molar-refractivity contribution in [3.8, 4) is 11.5 Å². The summed E-state index contributed by atoms with van der Waals surface area (Å²) in [5.74, 6) is 0.466. The fourth-order valence-corrected chi connectivity index (χ4v) is 2.76. The van der Waals surface area contributed by atoms with Gasteiger partial charge in [-0.1, -0.05) is 19.0 Å². The molecule has 0 radical (unpaired) electrons. The van der Waals surface area contributed by atoms with Crippen molar-refractivity contribution < 1.29 is 18.5 Å². The molecule has 2 N–H and O–H groups in total. The highest BCUT2D eigenvalue weighted by Gasteiger charge is 2.22. The van der Waals surface area contributed by atoms with Gasteiger partial charge in [-0.25, -0.2) is 4.98 Å². The summed E-state index contributed by atoms with van der Waals surface area (Å²) < 4.78 is 15.8. The Kier molecular flexibility index (Phi) is 6.20. The molecule has 144 valence electrons. The summed E-state index contributed by atoms with van der Waals surface area (Å²) in [6.45, 7) is 6.50. The number of methoxy groups -OCH3 is 1. The topological polar surface area (TPSA) is 102 Å². The number of carbonyl (C=O) groups is 1. The van der Waals surface area contributed by atoms with Gasteiger partial charge in [-0.2, -0.15) is 0 Å². The van der Waals surface area contributed by atoms with Gasteiger partial charge in [-0.3, -0.25) is 4.79 Å². The lowest BCUT2D eigenvalue weighted by Crippen LogP contribution is -2.33. The molecule has 0 aromatic carbocycles. The second-order valence-electron chi connectivity index (χ2n) is 6.43. The molecular formula is C19H24N4O4. The Bertz CT molecular complexity index is 887. The molecule has 0 atom stereocenters. The van der Waals surface area contributed by atoms with E-state index in [4.69, 9.17) is 13.7 Å². The Morgan fingerprint density at radius 2 is 2.15 bits per heavy atom. The van der Waals surface area contributed by atoms with E-state index in [1.54, 1.807) is 31.6 Å². The van der Waals surface area contributed by atoms with Gasteiger partial charge in [0.15, 0.2) is 5.76 Å². The van der Waals surface area contributed by atoms with Gasteiger partial charge in [-0.05, 0) is 24.1 Å². The first-order valence-electron chi connectivity index (χ1n) is 8.94. The number of fused-ring (bicyclic) bond motifs is 1. The van der Waals surface area contributed by atoms with Crippen LogP contribution in [-0.2, 0) is 4.74 Å². The van der Waals surface area contributed by atoms with Gasteiger partial charge < -0.3 is 24.3 Å². The minimum Gasteiger partial charge on any atom is -0.463 e. The highest BCUT2D eigenvalue weighted by atomic mass is 16.5. The van der Waals surface area contributed by atoms with Crippen molar-refractivity contribution in [2.24, 2.45) is 0 Å². The molecule has 3 heterocycles. The van der Waals surface area contributed by atoms with Gasteiger partial charge in [0.05, 0.1) is 29.5 Å². The maximum Gasteiger partial charge on any atom is 0.259 e. The molecule has 27 heavy (non-hydrogen) atoms. The number of furan rings is 1. The number of carbonyl (C=O) groups excluding carboxylic acids is 1. The first-order chi connectivity index (χ1) is 13.1. The van der Waals surface area contributed by atoms with E-state index in [-0.39, 0.29) is 11.8 Å². The molecule has 0 spiro atoms. The fraction of sp³-hybridized carbons (Fsp3) is 0.421. The molecule has 0 bridgehead atoms. The number of pyridine rings is 1. The van der Waals surface area contributed by atoms with E-state index in [1.807, 2.05) is 13.8 Å². The summed E-state index contributed by atoms with van der Waals surface area (Å²) in [7, 11) is 1.65. The van der Waals surface area contributed by atoms with Crippen molar-refractivity contribution in [3.05, 3.63) is 35.7 Å². The third-order valence-corrected chi connectivity index (χ3v) is 4.11. The van der Waals surface area contributed by atoms with Crippen molar-refractivity contribution in [2.45, 2.75) is 19.8 Å². The zero-order chi connectivity index (χ0) is 19.2. The van der Waals surface area contributed by atoms with Crippen LogP contribution in [-0.4, -0.2) is 49.4 Å². The maximum atomic E-state index is 12.9. The van der Waals surface area contributed by atoms with Crippen LogP contribution in [0.15, 0.2) is 33.4 Å². The van der Waals surface area contributed by atoms with E-state index in [1.165, 1.54) is 0 Å². The normalized spacial score (nSPS) is 11.4. The Morgan fingerprint density at radius 1 is 1.30 bits per heavy atom. The molecule has 0 aliphatic rings. The Morgan fingerprint density at radius 3 is 2.85 bits per heavy atom. The fourth-order valence-electron chi connectivity index (χ4n) is 2.76. The van der Waals surface area contributed by atoms with Crippen LogP contribution in [0.5, 0.6) is 0 Å².